The number of allylic oxidation sites excluding steroid dienone is 1. The summed E-state index contributed by atoms with van der Waals surface area (Å²) in [6, 6.07) is 0. The van der Waals surface area contributed by atoms with Crippen molar-refractivity contribution in [1.29, 1.82) is 0 Å². The van der Waals surface area contributed by atoms with E-state index >= 15 is 0 Å². The zero-order valence-electron chi connectivity index (χ0n) is 17.6. The predicted octanol–water partition coefficient (Wildman–Crippen LogP) is 5.62. The number of rotatable bonds is 5. The topological polar surface area (TPSA) is 55.8 Å². The fourth-order valence-corrected chi connectivity index (χ4v) is 6.19. The molecule has 154 valence electrons. The lowest BCUT2D eigenvalue weighted by Gasteiger charge is -2.50. The molecule has 1 heterocycles. The summed E-state index contributed by atoms with van der Waals surface area (Å²) in [6.45, 7) is 13.1. The van der Waals surface area contributed by atoms with Crippen molar-refractivity contribution < 1.29 is 19.7 Å². The van der Waals surface area contributed by atoms with Crippen LogP contribution in [-0.2, 0) is 14.6 Å². The largest absolute Gasteiger partial charge is 0.481 e. The molecule has 0 radical (unpaired) electrons. The van der Waals surface area contributed by atoms with E-state index < -0.39 is 11.9 Å². The number of carboxylic acids is 1. The van der Waals surface area contributed by atoms with E-state index in [1.54, 1.807) is 6.92 Å². The van der Waals surface area contributed by atoms with Gasteiger partial charge in [0.2, 0.25) is 0 Å². The van der Waals surface area contributed by atoms with Gasteiger partial charge in [0.15, 0.2) is 0 Å². The van der Waals surface area contributed by atoms with E-state index in [-0.39, 0.29) is 11.7 Å². The third-order valence-electron chi connectivity index (χ3n) is 7.89. The Bertz CT molecular complexity index is 549. The van der Waals surface area contributed by atoms with Gasteiger partial charge in [-0.1, -0.05) is 26.0 Å². The van der Waals surface area contributed by atoms with Crippen LogP contribution in [0.4, 0.5) is 0 Å². The van der Waals surface area contributed by atoms with E-state index in [4.69, 9.17) is 9.78 Å². The Morgan fingerprint density at radius 3 is 2.70 bits per heavy atom. The van der Waals surface area contributed by atoms with Crippen molar-refractivity contribution in [3.63, 3.8) is 0 Å². The second-order valence-electron chi connectivity index (χ2n) is 9.97. The molecular weight excluding hydrogens is 340 g/mol. The standard InChI is InChI=1S/C23H38O4/c1-14-7-6-8-19-18(15(2)13-16(3)21(14)19)9-11-23(5)12-10-20(26-27-23)17(4)22(24)25/h15-21H,1,6-13H2,2-5H3,(H,24,25)/t15?,16-,17?,18?,19?,20?,21?,23?/m0/s1. The van der Waals surface area contributed by atoms with Crippen molar-refractivity contribution in [2.75, 3.05) is 0 Å². The lowest BCUT2D eigenvalue weighted by atomic mass is 9.56. The molecule has 27 heavy (non-hydrogen) atoms. The first-order valence-corrected chi connectivity index (χ1v) is 11.0. The minimum Gasteiger partial charge on any atom is -0.481 e. The molecule has 0 bridgehead atoms. The second kappa shape index (κ2) is 8.24. The highest BCUT2D eigenvalue weighted by molar-refractivity contribution is 5.70. The van der Waals surface area contributed by atoms with Gasteiger partial charge in [-0.05, 0) is 94.8 Å². The summed E-state index contributed by atoms with van der Waals surface area (Å²) < 4.78 is 0. The van der Waals surface area contributed by atoms with Crippen molar-refractivity contribution in [2.45, 2.75) is 90.8 Å². The summed E-state index contributed by atoms with van der Waals surface area (Å²) in [5, 5.41) is 9.18. The molecule has 2 aliphatic carbocycles. The number of carbonyl (C=O) groups is 1. The van der Waals surface area contributed by atoms with Gasteiger partial charge in [-0.15, -0.1) is 0 Å². The van der Waals surface area contributed by atoms with E-state index in [9.17, 15) is 9.90 Å². The molecule has 2 saturated carbocycles. The normalized spacial score (nSPS) is 43.8. The van der Waals surface area contributed by atoms with E-state index in [1.165, 1.54) is 37.7 Å². The van der Waals surface area contributed by atoms with Crippen LogP contribution >= 0.6 is 0 Å². The molecule has 0 aromatic carbocycles. The van der Waals surface area contributed by atoms with Gasteiger partial charge in [-0.3, -0.25) is 4.79 Å². The highest BCUT2D eigenvalue weighted by Crippen LogP contribution is 2.52. The first-order valence-electron chi connectivity index (χ1n) is 11.0. The first-order chi connectivity index (χ1) is 12.7. The molecule has 1 saturated heterocycles. The maximum absolute atomic E-state index is 11.2. The smallest absolute Gasteiger partial charge is 0.308 e. The van der Waals surface area contributed by atoms with Crippen molar-refractivity contribution in [1.82, 2.24) is 0 Å². The van der Waals surface area contributed by atoms with Gasteiger partial charge in [-0.25, -0.2) is 9.78 Å². The number of fused-ring (bicyclic) bond motifs is 1. The van der Waals surface area contributed by atoms with Gasteiger partial charge < -0.3 is 5.11 Å². The van der Waals surface area contributed by atoms with Crippen molar-refractivity contribution in [3.8, 4) is 0 Å². The number of hydrogen-bond donors (Lipinski definition) is 1. The molecule has 0 spiro atoms. The summed E-state index contributed by atoms with van der Waals surface area (Å²) in [5.74, 6) is 2.39. The molecule has 0 amide bonds. The molecule has 4 nitrogen and oxygen atoms in total. The molecule has 4 heteroatoms. The zero-order chi connectivity index (χ0) is 19.8. The van der Waals surface area contributed by atoms with Crippen LogP contribution < -0.4 is 0 Å². The Morgan fingerprint density at radius 2 is 2.07 bits per heavy atom. The molecule has 3 fully saturated rings. The number of aliphatic carboxylic acids is 1. The summed E-state index contributed by atoms with van der Waals surface area (Å²) in [6.07, 6.45) is 8.59. The van der Waals surface area contributed by atoms with Crippen molar-refractivity contribution in [2.24, 2.45) is 35.5 Å². The van der Waals surface area contributed by atoms with Crippen LogP contribution in [0.25, 0.3) is 0 Å². The van der Waals surface area contributed by atoms with Gasteiger partial charge in [0.05, 0.1) is 5.92 Å². The summed E-state index contributed by atoms with van der Waals surface area (Å²) in [7, 11) is 0. The minimum absolute atomic E-state index is 0.293. The van der Waals surface area contributed by atoms with Gasteiger partial charge in [0, 0.05) is 0 Å². The highest BCUT2D eigenvalue weighted by Gasteiger charge is 2.45. The maximum atomic E-state index is 11.2. The molecule has 0 aromatic rings. The van der Waals surface area contributed by atoms with Crippen LogP contribution in [0.3, 0.4) is 0 Å². The zero-order valence-corrected chi connectivity index (χ0v) is 17.6. The first kappa shape index (κ1) is 20.9. The Kier molecular flexibility index (Phi) is 6.37. The third-order valence-corrected chi connectivity index (χ3v) is 7.89. The van der Waals surface area contributed by atoms with E-state index in [0.29, 0.717) is 5.92 Å². The maximum Gasteiger partial charge on any atom is 0.308 e. The van der Waals surface area contributed by atoms with Crippen LogP contribution in [0, 0.1) is 35.5 Å². The fourth-order valence-electron chi connectivity index (χ4n) is 6.19. The molecule has 7 unspecified atom stereocenters. The van der Waals surface area contributed by atoms with E-state index in [1.807, 2.05) is 0 Å². The molecule has 3 aliphatic rings. The van der Waals surface area contributed by atoms with Crippen LogP contribution in [0.5, 0.6) is 0 Å². The molecule has 0 aromatic heterocycles. The SMILES string of the molecule is C=C1CCCC2C(CCC3(C)CCC(C(C)C(=O)O)OO3)C(C)C[C@H](C)C12. The molecule has 3 rings (SSSR count). The van der Waals surface area contributed by atoms with Crippen LogP contribution in [-0.4, -0.2) is 22.8 Å². The van der Waals surface area contributed by atoms with E-state index in [2.05, 4.69) is 27.4 Å². The van der Waals surface area contributed by atoms with Crippen molar-refractivity contribution in [3.05, 3.63) is 12.2 Å². The monoisotopic (exact) mass is 378 g/mol. The Hall–Kier alpha value is -0.870. The second-order valence-corrected chi connectivity index (χ2v) is 9.97. The van der Waals surface area contributed by atoms with Crippen LogP contribution in [0.15, 0.2) is 12.2 Å². The minimum atomic E-state index is -0.819. The van der Waals surface area contributed by atoms with Gasteiger partial charge in [-0.2, -0.15) is 0 Å². The average molecular weight is 379 g/mol. The highest BCUT2D eigenvalue weighted by atomic mass is 17.2. The van der Waals surface area contributed by atoms with Crippen LogP contribution in [0.2, 0.25) is 0 Å². The Balaban J connectivity index is 1.58. The van der Waals surface area contributed by atoms with Crippen molar-refractivity contribution >= 4 is 5.97 Å². The summed E-state index contributed by atoms with van der Waals surface area (Å²) >= 11 is 0. The van der Waals surface area contributed by atoms with E-state index in [0.717, 1.165) is 42.9 Å². The quantitative estimate of drug-likeness (QED) is 0.498. The lowest BCUT2D eigenvalue weighted by molar-refractivity contribution is -0.411. The van der Waals surface area contributed by atoms with Crippen LogP contribution in [0.1, 0.15) is 79.1 Å². The van der Waals surface area contributed by atoms with Gasteiger partial charge in [0.1, 0.15) is 11.7 Å². The predicted molar refractivity (Wildman–Crippen MR) is 106 cm³/mol. The third kappa shape index (κ3) is 4.42. The molecule has 8 atom stereocenters. The Labute approximate surface area is 164 Å². The summed E-state index contributed by atoms with van der Waals surface area (Å²) in [4.78, 5) is 22.5. The summed E-state index contributed by atoms with van der Waals surface area (Å²) in [5.41, 5.74) is 1.20. The van der Waals surface area contributed by atoms with Gasteiger partial charge >= 0.3 is 5.97 Å². The Morgan fingerprint density at radius 1 is 1.33 bits per heavy atom. The number of hydrogen-bond acceptors (Lipinski definition) is 3. The molecule has 1 N–H and O–H groups in total. The molecule has 1 aliphatic heterocycles. The fraction of sp³-hybridized carbons (Fsp3) is 0.870. The number of carboxylic acid groups (broad SMARTS) is 1. The van der Waals surface area contributed by atoms with Gasteiger partial charge in [0.25, 0.3) is 0 Å². The molecular formula is C23H38O4. The lowest BCUT2D eigenvalue weighted by Crippen LogP contribution is -2.44. The average Bonchev–Trinajstić information content (AvgIpc) is 2.61.